The molecule has 0 bridgehead atoms. The van der Waals surface area contributed by atoms with Crippen molar-refractivity contribution < 1.29 is 9.90 Å². The van der Waals surface area contributed by atoms with Crippen molar-refractivity contribution in [2.24, 2.45) is 0 Å². The number of hydrogen-bond acceptors (Lipinski definition) is 1. The van der Waals surface area contributed by atoms with Gasteiger partial charge in [-0.05, 0) is 30.5 Å². The molecular weight excluding hydrogens is 191 g/mol. The first-order valence-electron chi connectivity index (χ1n) is 4.56. The van der Waals surface area contributed by atoms with Gasteiger partial charge >= 0.3 is 5.97 Å². The second-order valence-corrected chi connectivity index (χ2v) is 3.11. The molecule has 1 aromatic carbocycles. The smallest absolute Gasteiger partial charge is 0.335 e. The van der Waals surface area contributed by atoms with E-state index < -0.39 is 5.97 Å². The molecule has 0 spiro atoms. The molecule has 0 aliphatic carbocycles. The molecule has 0 aliphatic heterocycles. The predicted octanol–water partition coefficient (Wildman–Crippen LogP) is 1.54. The van der Waals surface area contributed by atoms with Crippen molar-refractivity contribution in [3.8, 4) is 0 Å². The maximum atomic E-state index is 10.5. The Morgan fingerprint density at radius 2 is 1.86 bits per heavy atom. The monoisotopic (exact) mass is 208 g/mol. The third kappa shape index (κ3) is 3.95. The Balaban J connectivity index is 0.00000169. The van der Waals surface area contributed by atoms with E-state index in [1.165, 1.54) is 12.0 Å². The van der Waals surface area contributed by atoms with Gasteiger partial charge in [0.05, 0.1) is 5.56 Å². The van der Waals surface area contributed by atoms with Crippen molar-refractivity contribution in [2.45, 2.75) is 26.2 Å². The summed E-state index contributed by atoms with van der Waals surface area (Å²) in [6.45, 7) is 2.14. The van der Waals surface area contributed by atoms with Crippen LogP contribution in [0.1, 0.15) is 35.7 Å². The number of unbranched alkanes of at least 4 members (excludes halogenated alkanes) is 1. The Labute approximate surface area is 95.1 Å². The fourth-order valence-electron chi connectivity index (χ4n) is 1.19. The minimum absolute atomic E-state index is 0. The van der Waals surface area contributed by atoms with Crippen molar-refractivity contribution in [1.29, 1.82) is 0 Å². The maximum Gasteiger partial charge on any atom is 0.335 e. The molecule has 0 fully saturated rings. The Bertz CT molecular complexity index is 280. The van der Waals surface area contributed by atoms with E-state index in [-0.39, 0.29) is 17.4 Å². The van der Waals surface area contributed by atoms with Gasteiger partial charge in [-0.3, -0.25) is 0 Å². The minimum Gasteiger partial charge on any atom is -0.478 e. The number of carbonyl (C=O) groups is 1. The fourth-order valence-corrected chi connectivity index (χ4v) is 1.19. The molecule has 3 heteroatoms. The van der Waals surface area contributed by atoms with Crippen LogP contribution in [0, 0.1) is 0 Å². The van der Waals surface area contributed by atoms with Crippen molar-refractivity contribution in [2.75, 3.05) is 0 Å². The SMILES string of the molecule is CCCCc1ccc(C(=O)O)cc1.[AlH3]. The molecular formula is C11H17AlO2. The average molecular weight is 208 g/mol. The molecule has 1 N–H and O–H groups in total. The van der Waals surface area contributed by atoms with Crippen LogP contribution < -0.4 is 0 Å². The zero-order chi connectivity index (χ0) is 9.68. The van der Waals surface area contributed by atoms with E-state index in [1.807, 2.05) is 12.1 Å². The molecule has 0 radical (unpaired) electrons. The number of carboxylic acids is 1. The largest absolute Gasteiger partial charge is 0.478 e. The van der Waals surface area contributed by atoms with E-state index in [9.17, 15) is 4.79 Å². The third-order valence-corrected chi connectivity index (χ3v) is 2.02. The summed E-state index contributed by atoms with van der Waals surface area (Å²) in [5, 5.41) is 8.65. The lowest BCUT2D eigenvalue weighted by Gasteiger charge is -1.99. The van der Waals surface area contributed by atoms with Crippen molar-refractivity contribution in [3.05, 3.63) is 35.4 Å². The summed E-state index contributed by atoms with van der Waals surface area (Å²) in [6, 6.07) is 7.10. The molecule has 0 aliphatic rings. The zero-order valence-electron chi connectivity index (χ0n) is 7.79. The normalized spacial score (nSPS) is 9.21. The van der Waals surface area contributed by atoms with Crippen LogP contribution in [0.3, 0.4) is 0 Å². The summed E-state index contributed by atoms with van der Waals surface area (Å²) in [7, 11) is 0. The highest BCUT2D eigenvalue weighted by molar-refractivity contribution is 5.87. The molecule has 76 valence electrons. The van der Waals surface area contributed by atoms with E-state index in [2.05, 4.69) is 6.92 Å². The van der Waals surface area contributed by atoms with Gasteiger partial charge in [-0.25, -0.2) is 4.79 Å². The summed E-state index contributed by atoms with van der Waals surface area (Å²) >= 11 is 0. The molecule has 0 saturated heterocycles. The van der Waals surface area contributed by atoms with Gasteiger partial charge in [-0.15, -0.1) is 0 Å². The summed E-state index contributed by atoms with van der Waals surface area (Å²) in [4.78, 5) is 10.5. The highest BCUT2D eigenvalue weighted by Crippen LogP contribution is 2.07. The highest BCUT2D eigenvalue weighted by Gasteiger charge is 2.00. The summed E-state index contributed by atoms with van der Waals surface area (Å²) in [5.74, 6) is -0.859. The van der Waals surface area contributed by atoms with E-state index in [4.69, 9.17) is 5.11 Å². The molecule has 1 aromatic rings. The van der Waals surface area contributed by atoms with Crippen LogP contribution in [-0.2, 0) is 6.42 Å². The van der Waals surface area contributed by atoms with Crippen molar-refractivity contribution in [3.63, 3.8) is 0 Å². The lowest BCUT2D eigenvalue weighted by Crippen LogP contribution is -1.95. The number of benzene rings is 1. The van der Waals surface area contributed by atoms with Crippen molar-refractivity contribution >= 4 is 23.3 Å². The van der Waals surface area contributed by atoms with Crippen LogP contribution in [0.2, 0.25) is 0 Å². The number of aromatic carboxylic acids is 1. The Hall–Kier alpha value is -0.778. The molecule has 0 heterocycles. The zero-order valence-corrected chi connectivity index (χ0v) is 7.79. The van der Waals surface area contributed by atoms with E-state index in [0.29, 0.717) is 5.56 Å². The Morgan fingerprint density at radius 3 is 2.29 bits per heavy atom. The van der Waals surface area contributed by atoms with E-state index >= 15 is 0 Å². The predicted molar refractivity (Wildman–Crippen MR) is 62.0 cm³/mol. The first kappa shape index (κ1) is 13.2. The summed E-state index contributed by atoms with van der Waals surface area (Å²) in [5.41, 5.74) is 1.58. The van der Waals surface area contributed by atoms with E-state index in [0.717, 1.165) is 12.8 Å². The third-order valence-electron chi connectivity index (χ3n) is 2.02. The maximum absolute atomic E-state index is 10.5. The number of rotatable bonds is 4. The molecule has 0 unspecified atom stereocenters. The fraction of sp³-hybridized carbons (Fsp3) is 0.364. The quantitative estimate of drug-likeness (QED) is 0.762. The van der Waals surface area contributed by atoms with Crippen LogP contribution in [0.4, 0.5) is 0 Å². The van der Waals surface area contributed by atoms with Gasteiger partial charge < -0.3 is 5.11 Å². The number of carboxylic acid groups (broad SMARTS) is 1. The molecule has 14 heavy (non-hydrogen) atoms. The van der Waals surface area contributed by atoms with Crippen molar-refractivity contribution in [1.82, 2.24) is 0 Å². The van der Waals surface area contributed by atoms with Gasteiger partial charge in [-0.2, -0.15) is 0 Å². The van der Waals surface area contributed by atoms with E-state index in [1.54, 1.807) is 12.1 Å². The Morgan fingerprint density at radius 1 is 1.29 bits per heavy atom. The first-order chi connectivity index (χ1) is 6.24. The van der Waals surface area contributed by atoms with Gasteiger partial charge in [0.15, 0.2) is 17.4 Å². The van der Waals surface area contributed by atoms with Gasteiger partial charge in [0.2, 0.25) is 0 Å². The lowest BCUT2D eigenvalue weighted by molar-refractivity contribution is 0.0697. The summed E-state index contributed by atoms with van der Waals surface area (Å²) in [6.07, 6.45) is 3.36. The van der Waals surface area contributed by atoms with Crippen LogP contribution in [0.5, 0.6) is 0 Å². The minimum atomic E-state index is -0.859. The molecule has 0 aromatic heterocycles. The highest BCUT2D eigenvalue weighted by atomic mass is 27.0. The second-order valence-electron chi connectivity index (χ2n) is 3.11. The van der Waals surface area contributed by atoms with Gasteiger partial charge in [0.1, 0.15) is 0 Å². The van der Waals surface area contributed by atoms with Crippen LogP contribution in [-0.4, -0.2) is 28.4 Å². The molecule has 0 saturated carbocycles. The topological polar surface area (TPSA) is 37.3 Å². The number of hydrogen-bond donors (Lipinski definition) is 1. The second kappa shape index (κ2) is 6.64. The molecule has 1 rings (SSSR count). The average Bonchev–Trinajstić information content (AvgIpc) is 2.15. The standard InChI is InChI=1S/C11H14O2.Al.3H/c1-2-3-4-9-5-7-10(8-6-9)11(12)13;;;;/h5-8H,2-4H2,1H3,(H,12,13);;;;. The summed E-state index contributed by atoms with van der Waals surface area (Å²) < 4.78 is 0. The van der Waals surface area contributed by atoms with Crippen LogP contribution in [0.25, 0.3) is 0 Å². The van der Waals surface area contributed by atoms with Gasteiger partial charge in [0, 0.05) is 0 Å². The van der Waals surface area contributed by atoms with Gasteiger partial charge in [-0.1, -0.05) is 25.5 Å². The Kier molecular flexibility index (Phi) is 6.27. The molecule has 2 nitrogen and oxygen atoms in total. The van der Waals surface area contributed by atoms with Gasteiger partial charge in [0.25, 0.3) is 0 Å². The van der Waals surface area contributed by atoms with Crippen LogP contribution in [0.15, 0.2) is 24.3 Å². The molecule has 0 amide bonds. The number of aryl methyl sites for hydroxylation is 1. The first-order valence-corrected chi connectivity index (χ1v) is 4.56. The lowest BCUT2D eigenvalue weighted by atomic mass is 10.1. The van der Waals surface area contributed by atoms with Crippen LogP contribution >= 0.6 is 0 Å². The molecule has 0 atom stereocenters.